The third-order valence-electron chi connectivity index (χ3n) is 4.55. The summed E-state index contributed by atoms with van der Waals surface area (Å²) < 4.78 is 26.2. The molecule has 0 spiro atoms. The van der Waals surface area contributed by atoms with E-state index in [2.05, 4.69) is 28.3 Å². The van der Waals surface area contributed by atoms with Crippen molar-refractivity contribution in [2.45, 2.75) is 18.7 Å². The minimum Gasteiger partial charge on any atom is -0.412 e. The molecule has 36 heavy (non-hydrogen) atoms. The fraction of sp³-hybridized carbons (Fsp3) is 0.154. The van der Waals surface area contributed by atoms with Crippen LogP contribution in [0.15, 0.2) is 88.3 Å². The van der Waals surface area contributed by atoms with Crippen LogP contribution in [0.2, 0.25) is 0 Å². The summed E-state index contributed by atoms with van der Waals surface area (Å²) in [5.74, 6) is -1.23. The Morgan fingerprint density at radius 3 is 2.31 bits per heavy atom. The fourth-order valence-corrected chi connectivity index (χ4v) is 3.02. The molecule has 0 fully saturated rings. The Balaban J connectivity index is -0.000000283. The second-order valence-corrected chi connectivity index (χ2v) is 7.52. The summed E-state index contributed by atoms with van der Waals surface area (Å²) in [5, 5.41) is 5.49. The van der Waals surface area contributed by atoms with Gasteiger partial charge in [-0.1, -0.05) is 36.4 Å². The summed E-state index contributed by atoms with van der Waals surface area (Å²) in [7, 11) is 0. The topological polar surface area (TPSA) is 143 Å². The van der Waals surface area contributed by atoms with Crippen LogP contribution in [0.3, 0.4) is 0 Å². The van der Waals surface area contributed by atoms with Gasteiger partial charge in [0.15, 0.2) is 0 Å². The number of hydrogen-bond acceptors (Lipinski definition) is 4. The monoisotopic (exact) mass is 524 g/mol. The molecule has 3 aromatic carbocycles. The highest BCUT2D eigenvalue weighted by molar-refractivity contribution is 7.80. The number of rotatable bonds is 6. The standard InChI is InChI=1S/C14H20N4O.C12H8F2S.2H2O.3H2/c1-3-11(9-16-4-2)10-17-14(19)18-13-7-5-12(15)6-8-13;13-9-6-10(12(15)11(14)7-9)8-4-2-1-3-5-8;;;;;/h3,5-9H,4,10,15H2,1-2H3,(H2,17,18,19);1-7,15H;2*1H2;3*1H/b11-3+,16-9?;;;;;;. The van der Waals surface area contributed by atoms with Crippen LogP contribution < -0.4 is 16.4 Å². The van der Waals surface area contributed by atoms with Crippen molar-refractivity contribution < 1.29 is 28.8 Å². The molecule has 0 aliphatic carbocycles. The van der Waals surface area contributed by atoms with Gasteiger partial charge in [0, 0.05) is 51.5 Å². The van der Waals surface area contributed by atoms with Crippen molar-refractivity contribution in [3.63, 3.8) is 0 Å². The van der Waals surface area contributed by atoms with Gasteiger partial charge in [-0.2, -0.15) is 0 Å². The lowest BCUT2D eigenvalue weighted by Crippen LogP contribution is -2.30. The number of nitrogen functional groups attached to an aromatic ring is 1. The number of nitrogens with two attached hydrogens (primary N) is 1. The maximum Gasteiger partial charge on any atom is 0.319 e. The van der Waals surface area contributed by atoms with E-state index in [1.165, 1.54) is 6.07 Å². The summed E-state index contributed by atoms with van der Waals surface area (Å²) in [6, 6.07) is 17.9. The van der Waals surface area contributed by atoms with E-state index in [9.17, 15) is 13.6 Å². The second-order valence-electron chi connectivity index (χ2n) is 7.07. The molecule has 3 aromatic rings. The Hall–Kier alpha value is -3.73. The molecule has 200 valence electrons. The molecule has 0 bridgehead atoms. The van der Waals surface area contributed by atoms with Gasteiger partial charge in [-0.15, -0.1) is 12.6 Å². The van der Waals surface area contributed by atoms with Crippen LogP contribution in [0.1, 0.15) is 18.1 Å². The smallest absolute Gasteiger partial charge is 0.319 e. The van der Waals surface area contributed by atoms with Crippen molar-refractivity contribution in [1.82, 2.24) is 5.32 Å². The van der Waals surface area contributed by atoms with Crippen LogP contribution in [-0.4, -0.2) is 36.3 Å². The minimum absolute atomic E-state index is 0. The third-order valence-corrected chi connectivity index (χ3v) is 5.00. The van der Waals surface area contributed by atoms with E-state index >= 15 is 0 Å². The van der Waals surface area contributed by atoms with E-state index in [-0.39, 0.29) is 26.2 Å². The van der Waals surface area contributed by atoms with Gasteiger partial charge in [0.1, 0.15) is 11.6 Å². The predicted octanol–water partition coefficient (Wildman–Crippen LogP) is 5.44. The number of carbonyl (C=O) groups is 1. The van der Waals surface area contributed by atoms with Crippen LogP contribution in [0.4, 0.5) is 25.0 Å². The molecule has 10 heteroatoms. The zero-order valence-electron chi connectivity index (χ0n) is 20.1. The maximum atomic E-state index is 13.2. The lowest BCUT2D eigenvalue weighted by Gasteiger charge is -2.08. The first-order chi connectivity index (χ1) is 16.3. The van der Waals surface area contributed by atoms with E-state index in [1.54, 1.807) is 42.6 Å². The number of nitrogens with one attached hydrogen (secondary N) is 2. The lowest BCUT2D eigenvalue weighted by atomic mass is 10.1. The number of benzene rings is 3. The summed E-state index contributed by atoms with van der Waals surface area (Å²) in [5.41, 5.74) is 9.13. The molecule has 0 aliphatic heterocycles. The largest absolute Gasteiger partial charge is 0.412 e. The minimum atomic E-state index is -0.641. The molecular weight excluding hydrogens is 486 g/mol. The molecule has 2 amide bonds. The Bertz CT molecular complexity index is 1160. The van der Waals surface area contributed by atoms with Crippen molar-refractivity contribution in [2.24, 2.45) is 4.99 Å². The van der Waals surface area contributed by atoms with E-state index in [1.807, 2.05) is 38.1 Å². The SMILES string of the molecule is C/C=C(\C=NCC)CNC(=O)Nc1ccc(N)cc1.Fc1cc(F)c(S)c(-c2ccccc2)c1.O.O.[HH].[HH].[HH]. The highest BCUT2D eigenvalue weighted by Crippen LogP contribution is 2.29. The molecule has 8 N–H and O–H groups in total. The molecule has 0 saturated carbocycles. The number of carbonyl (C=O) groups excluding carboxylic acids is 1. The van der Waals surface area contributed by atoms with Crippen molar-refractivity contribution in [3.05, 3.63) is 90.0 Å². The Labute approximate surface area is 219 Å². The molecule has 0 unspecified atom stereocenters. The number of nitrogens with zero attached hydrogens (tertiary/aromatic N) is 1. The van der Waals surface area contributed by atoms with Crippen molar-refractivity contribution in [3.8, 4) is 11.1 Å². The van der Waals surface area contributed by atoms with E-state index in [4.69, 9.17) is 5.73 Å². The second kappa shape index (κ2) is 16.8. The predicted molar refractivity (Wildman–Crippen MR) is 153 cm³/mol. The van der Waals surface area contributed by atoms with Gasteiger partial charge in [-0.3, -0.25) is 4.99 Å². The van der Waals surface area contributed by atoms with Crippen molar-refractivity contribution in [1.29, 1.82) is 0 Å². The van der Waals surface area contributed by atoms with Crippen LogP contribution in [0.5, 0.6) is 0 Å². The number of aliphatic imine (C=N–C) groups is 1. The van der Waals surface area contributed by atoms with Gasteiger partial charge < -0.3 is 27.3 Å². The fourth-order valence-electron chi connectivity index (χ4n) is 2.76. The molecule has 3 rings (SSSR count). The van der Waals surface area contributed by atoms with Gasteiger partial charge in [-0.05, 0) is 55.3 Å². The van der Waals surface area contributed by atoms with Crippen LogP contribution in [-0.2, 0) is 0 Å². The first kappa shape index (κ1) is 32.3. The number of anilines is 2. The van der Waals surface area contributed by atoms with Crippen molar-refractivity contribution in [2.75, 3.05) is 24.1 Å². The third kappa shape index (κ3) is 10.7. The van der Waals surface area contributed by atoms with Crippen LogP contribution >= 0.6 is 12.6 Å². The van der Waals surface area contributed by atoms with Gasteiger partial charge in [0.25, 0.3) is 0 Å². The van der Waals surface area contributed by atoms with Crippen LogP contribution in [0.25, 0.3) is 11.1 Å². The van der Waals surface area contributed by atoms with E-state index < -0.39 is 11.6 Å². The summed E-state index contributed by atoms with van der Waals surface area (Å²) in [6.07, 6.45) is 3.69. The van der Waals surface area contributed by atoms with Gasteiger partial charge >= 0.3 is 6.03 Å². The highest BCUT2D eigenvalue weighted by atomic mass is 32.1. The van der Waals surface area contributed by atoms with E-state index in [0.717, 1.165) is 23.7 Å². The number of halogens is 2. The number of hydrogen-bond donors (Lipinski definition) is 4. The quantitative estimate of drug-likeness (QED) is 0.194. The van der Waals surface area contributed by atoms with Gasteiger partial charge in [0.05, 0.1) is 0 Å². The first-order valence-electron chi connectivity index (χ1n) is 10.6. The first-order valence-corrected chi connectivity index (χ1v) is 11.1. The molecule has 0 aliphatic rings. The number of urea groups is 1. The van der Waals surface area contributed by atoms with Crippen LogP contribution in [0, 0.1) is 11.6 Å². The molecule has 0 atom stereocenters. The highest BCUT2D eigenvalue weighted by Gasteiger charge is 2.09. The van der Waals surface area contributed by atoms with Gasteiger partial charge in [-0.25, -0.2) is 13.6 Å². The molecule has 0 heterocycles. The lowest BCUT2D eigenvalue weighted by molar-refractivity contribution is 0.253. The average molecular weight is 525 g/mol. The zero-order chi connectivity index (χ0) is 24.9. The Morgan fingerprint density at radius 1 is 1.08 bits per heavy atom. The summed E-state index contributed by atoms with van der Waals surface area (Å²) in [4.78, 5) is 16.0. The molecule has 0 saturated heterocycles. The number of thiol groups is 1. The average Bonchev–Trinajstić information content (AvgIpc) is 2.84. The summed E-state index contributed by atoms with van der Waals surface area (Å²) >= 11 is 4.03. The number of amides is 2. The number of allylic oxidation sites excluding steroid dienone is 1. The van der Waals surface area contributed by atoms with E-state index in [0.29, 0.717) is 23.5 Å². The molecular formula is C26H38F2N4O3S. The summed E-state index contributed by atoms with van der Waals surface area (Å²) in [6.45, 7) is 5.05. The van der Waals surface area contributed by atoms with Crippen molar-refractivity contribution >= 4 is 36.2 Å². The maximum absolute atomic E-state index is 13.2. The molecule has 7 nitrogen and oxygen atoms in total. The van der Waals surface area contributed by atoms with Gasteiger partial charge in [0.2, 0.25) is 0 Å². The Morgan fingerprint density at radius 2 is 1.72 bits per heavy atom. The molecule has 0 radical (unpaired) electrons. The Kier molecular flexibility index (Phi) is 15.1. The zero-order valence-corrected chi connectivity index (χ0v) is 21.0. The normalized spacial score (nSPS) is 10.4. The molecule has 0 aromatic heterocycles.